The van der Waals surface area contributed by atoms with Crippen molar-refractivity contribution in [1.82, 2.24) is 10.2 Å². The van der Waals surface area contributed by atoms with Crippen LogP contribution in [0.2, 0.25) is 0 Å². The smallest absolute Gasteiger partial charge is 0.306 e. The summed E-state index contributed by atoms with van der Waals surface area (Å²) in [5.41, 5.74) is 0. The molecular formula is C16H34N2O2. The van der Waals surface area contributed by atoms with Gasteiger partial charge in [-0.2, -0.15) is 0 Å². The van der Waals surface area contributed by atoms with Crippen LogP contribution < -0.4 is 5.32 Å². The Morgan fingerprint density at radius 1 is 1.15 bits per heavy atom. The van der Waals surface area contributed by atoms with E-state index in [1.165, 1.54) is 12.8 Å². The maximum Gasteiger partial charge on any atom is 0.306 e. The van der Waals surface area contributed by atoms with Crippen LogP contribution >= 0.6 is 0 Å². The fourth-order valence-corrected chi connectivity index (χ4v) is 2.03. The molecule has 0 fully saturated rings. The summed E-state index contributed by atoms with van der Waals surface area (Å²) >= 11 is 0. The van der Waals surface area contributed by atoms with Crippen molar-refractivity contribution in [2.75, 3.05) is 33.7 Å². The van der Waals surface area contributed by atoms with Crippen molar-refractivity contribution in [2.45, 2.75) is 64.9 Å². The summed E-state index contributed by atoms with van der Waals surface area (Å²) in [5.74, 6) is -0.0518. The highest BCUT2D eigenvalue weighted by molar-refractivity contribution is 5.69. The van der Waals surface area contributed by atoms with Gasteiger partial charge in [-0.3, -0.25) is 4.79 Å². The van der Waals surface area contributed by atoms with Gasteiger partial charge in [0.05, 0.1) is 6.10 Å². The molecule has 1 N–H and O–H groups in total. The molecule has 1 atom stereocenters. The van der Waals surface area contributed by atoms with Crippen LogP contribution in [-0.2, 0) is 9.53 Å². The Bertz CT molecular complexity index is 233. The minimum absolute atomic E-state index is 0.0518. The molecule has 4 nitrogen and oxygen atoms in total. The Labute approximate surface area is 125 Å². The van der Waals surface area contributed by atoms with Crippen LogP contribution in [0.15, 0.2) is 0 Å². The molecule has 0 radical (unpaired) electrons. The van der Waals surface area contributed by atoms with E-state index < -0.39 is 0 Å². The summed E-state index contributed by atoms with van der Waals surface area (Å²) in [6.45, 7) is 7.19. The van der Waals surface area contributed by atoms with Gasteiger partial charge in [0.2, 0.25) is 0 Å². The van der Waals surface area contributed by atoms with Crippen molar-refractivity contribution < 1.29 is 9.53 Å². The fraction of sp³-hybridized carbons (Fsp3) is 0.938. The van der Waals surface area contributed by atoms with Crippen LogP contribution in [0, 0.1) is 0 Å². The molecule has 0 amide bonds. The summed E-state index contributed by atoms with van der Waals surface area (Å²) in [7, 11) is 4.16. The van der Waals surface area contributed by atoms with E-state index >= 15 is 0 Å². The third-order valence-corrected chi connectivity index (χ3v) is 3.24. The van der Waals surface area contributed by atoms with Crippen LogP contribution in [0.5, 0.6) is 0 Å². The number of nitrogens with one attached hydrogen (secondary N) is 1. The van der Waals surface area contributed by atoms with Gasteiger partial charge in [0, 0.05) is 6.42 Å². The minimum atomic E-state index is -0.0518. The van der Waals surface area contributed by atoms with Crippen molar-refractivity contribution >= 4 is 5.97 Å². The van der Waals surface area contributed by atoms with Gasteiger partial charge in [0.15, 0.2) is 0 Å². The quantitative estimate of drug-likeness (QED) is 0.417. The Hall–Kier alpha value is -0.610. The Balaban J connectivity index is 3.35. The van der Waals surface area contributed by atoms with E-state index in [1.807, 2.05) is 6.92 Å². The standard InChI is InChI=1S/C16H34N2O2/c1-5-6-7-10-15(2)20-16(19)11-8-12-17-13-9-14-18(3)4/h15,17H,5-14H2,1-4H3. The number of carbonyl (C=O) groups excluding carboxylic acids is 1. The zero-order valence-corrected chi connectivity index (χ0v) is 13.9. The summed E-state index contributed by atoms with van der Waals surface area (Å²) in [4.78, 5) is 13.8. The Morgan fingerprint density at radius 3 is 2.50 bits per heavy atom. The lowest BCUT2D eigenvalue weighted by Gasteiger charge is -2.13. The lowest BCUT2D eigenvalue weighted by molar-refractivity contribution is -0.148. The second-order valence-corrected chi connectivity index (χ2v) is 5.81. The SMILES string of the molecule is CCCCCC(C)OC(=O)CCCNCCCN(C)C. The second kappa shape index (κ2) is 13.4. The lowest BCUT2D eigenvalue weighted by atomic mass is 10.1. The first-order valence-electron chi connectivity index (χ1n) is 8.11. The first-order valence-corrected chi connectivity index (χ1v) is 8.11. The highest BCUT2D eigenvalue weighted by atomic mass is 16.5. The average molecular weight is 286 g/mol. The third-order valence-electron chi connectivity index (χ3n) is 3.24. The van der Waals surface area contributed by atoms with E-state index in [1.54, 1.807) is 0 Å². The first-order chi connectivity index (χ1) is 9.56. The molecule has 0 aromatic carbocycles. The summed E-state index contributed by atoms with van der Waals surface area (Å²) < 4.78 is 5.38. The van der Waals surface area contributed by atoms with Gasteiger partial charge in [-0.05, 0) is 66.3 Å². The molecule has 0 bridgehead atoms. The topological polar surface area (TPSA) is 41.6 Å². The maximum atomic E-state index is 11.6. The number of esters is 1. The summed E-state index contributed by atoms with van der Waals surface area (Å²) in [6, 6.07) is 0. The van der Waals surface area contributed by atoms with Gasteiger partial charge in [0.1, 0.15) is 0 Å². The van der Waals surface area contributed by atoms with E-state index in [0.29, 0.717) is 6.42 Å². The van der Waals surface area contributed by atoms with Gasteiger partial charge in [-0.25, -0.2) is 0 Å². The number of rotatable bonds is 13. The lowest BCUT2D eigenvalue weighted by Crippen LogP contribution is -2.23. The maximum absolute atomic E-state index is 11.6. The van der Waals surface area contributed by atoms with E-state index in [2.05, 4.69) is 31.2 Å². The number of ether oxygens (including phenoxy) is 1. The number of hydrogen-bond acceptors (Lipinski definition) is 4. The van der Waals surface area contributed by atoms with Crippen LogP contribution in [-0.4, -0.2) is 50.7 Å². The molecule has 0 aromatic heterocycles. The molecule has 0 spiro atoms. The van der Waals surface area contributed by atoms with Crippen LogP contribution in [0.3, 0.4) is 0 Å². The molecule has 0 aliphatic carbocycles. The van der Waals surface area contributed by atoms with Gasteiger partial charge >= 0.3 is 5.97 Å². The average Bonchev–Trinajstić information content (AvgIpc) is 2.37. The normalized spacial score (nSPS) is 12.7. The highest BCUT2D eigenvalue weighted by Gasteiger charge is 2.08. The molecule has 1 unspecified atom stereocenters. The molecule has 0 aliphatic heterocycles. The van der Waals surface area contributed by atoms with Crippen LogP contribution in [0.1, 0.15) is 58.8 Å². The monoisotopic (exact) mass is 286 g/mol. The number of nitrogens with zero attached hydrogens (tertiary/aromatic N) is 1. The molecule has 0 saturated carbocycles. The molecule has 120 valence electrons. The molecule has 0 aliphatic rings. The number of hydrogen-bond donors (Lipinski definition) is 1. The van der Waals surface area contributed by atoms with Crippen LogP contribution in [0.4, 0.5) is 0 Å². The van der Waals surface area contributed by atoms with E-state index in [4.69, 9.17) is 4.74 Å². The highest BCUT2D eigenvalue weighted by Crippen LogP contribution is 2.07. The third kappa shape index (κ3) is 13.8. The zero-order valence-electron chi connectivity index (χ0n) is 13.9. The van der Waals surface area contributed by atoms with Gasteiger partial charge in [-0.15, -0.1) is 0 Å². The number of carbonyl (C=O) groups is 1. The molecular weight excluding hydrogens is 252 g/mol. The Kier molecular flexibility index (Phi) is 13.0. The van der Waals surface area contributed by atoms with E-state index in [-0.39, 0.29) is 12.1 Å². The molecule has 4 heteroatoms. The van der Waals surface area contributed by atoms with Crippen molar-refractivity contribution in [3.05, 3.63) is 0 Å². The molecule has 0 aromatic rings. The molecule has 0 saturated heterocycles. The van der Waals surface area contributed by atoms with Crippen molar-refractivity contribution in [3.8, 4) is 0 Å². The second-order valence-electron chi connectivity index (χ2n) is 5.81. The largest absolute Gasteiger partial charge is 0.463 e. The first kappa shape index (κ1) is 19.4. The van der Waals surface area contributed by atoms with Crippen LogP contribution in [0.25, 0.3) is 0 Å². The van der Waals surface area contributed by atoms with Gasteiger partial charge < -0.3 is 15.0 Å². The number of unbranched alkanes of at least 4 members (excludes halogenated alkanes) is 2. The summed E-state index contributed by atoms with van der Waals surface area (Å²) in [6.07, 6.45) is 7.18. The zero-order chi connectivity index (χ0) is 15.2. The van der Waals surface area contributed by atoms with Crippen molar-refractivity contribution in [3.63, 3.8) is 0 Å². The van der Waals surface area contributed by atoms with Gasteiger partial charge in [-0.1, -0.05) is 19.8 Å². The van der Waals surface area contributed by atoms with Crippen molar-refractivity contribution in [1.29, 1.82) is 0 Å². The minimum Gasteiger partial charge on any atom is -0.463 e. The Morgan fingerprint density at radius 2 is 1.85 bits per heavy atom. The van der Waals surface area contributed by atoms with Gasteiger partial charge in [0.25, 0.3) is 0 Å². The predicted octanol–water partition coefficient (Wildman–Crippen LogP) is 2.82. The van der Waals surface area contributed by atoms with Crippen molar-refractivity contribution in [2.24, 2.45) is 0 Å². The molecule has 0 heterocycles. The predicted molar refractivity (Wildman–Crippen MR) is 85.0 cm³/mol. The molecule has 0 rings (SSSR count). The van der Waals surface area contributed by atoms with E-state index in [0.717, 1.165) is 45.3 Å². The summed E-state index contributed by atoms with van der Waals surface area (Å²) in [5, 5.41) is 3.36. The fourth-order valence-electron chi connectivity index (χ4n) is 2.03. The molecule has 20 heavy (non-hydrogen) atoms. The van der Waals surface area contributed by atoms with E-state index in [9.17, 15) is 4.79 Å².